The highest BCUT2D eigenvalue weighted by molar-refractivity contribution is 5.78. The summed E-state index contributed by atoms with van der Waals surface area (Å²) < 4.78 is 4.16. The molecule has 1 fully saturated rings. The van der Waals surface area contributed by atoms with Crippen molar-refractivity contribution in [1.29, 1.82) is 0 Å². The Balaban J connectivity index is 2.18. The summed E-state index contributed by atoms with van der Waals surface area (Å²) in [5.41, 5.74) is 9.30. The predicted molar refractivity (Wildman–Crippen MR) is 76.9 cm³/mol. The largest absolute Gasteiger partial charge is 0.369 e. The fourth-order valence-corrected chi connectivity index (χ4v) is 3.49. The van der Waals surface area contributed by atoms with Crippen LogP contribution in [-0.4, -0.2) is 19.3 Å². The first-order valence-corrected chi connectivity index (χ1v) is 7.23. The molecule has 2 aromatic heterocycles. The molecule has 0 bridgehead atoms. The summed E-state index contributed by atoms with van der Waals surface area (Å²) in [6, 6.07) is 0.458. The molecule has 1 aliphatic carbocycles. The van der Waals surface area contributed by atoms with E-state index in [1.807, 2.05) is 11.7 Å². The average Bonchev–Trinajstić information content (AvgIpc) is 2.97. The molecule has 19 heavy (non-hydrogen) atoms. The van der Waals surface area contributed by atoms with Gasteiger partial charge in [-0.15, -0.1) is 0 Å². The summed E-state index contributed by atoms with van der Waals surface area (Å²) in [7, 11) is 1.99. The van der Waals surface area contributed by atoms with Crippen molar-refractivity contribution in [3.05, 3.63) is 5.69 Å². The summed E-state index contributed by atoms with van der Waals surface area (Å²) >= 11 is 0. The van der Waals surface area contributed by atoms with E-state index in [1.165, 1.54) is 12.8 Å². The molecular weight excluding hydrogens is 238 g/mol. The predicted octanol–water partition coefficient (Wildman–Crippen LogP) is 2.52. The molecule has 104 valence electrons. The molecule has 0 saturated heterocycles. The zero-order chi connectivity index (χ0) is 13.7. The van der Waals surface area contributed by atoms with Crippen LogP contribution < -0.4 is 5.73 Å². The smallest absolute Gasteiger partial charge is 0.202 e. The standard InChI is InChI=1S/C14H23N5/c1-5-10-12-13(18(4)17-10)19(14(15)16-12)11-7-6-8(2)9(11)3/h8-9,11H,5-7H2,1-4H3,(H2,15,16). The Labute approximate surface area is 113 Å². The highest BCUT2D eigenvalue weighted by Gasteiger charge is 2.34. The number of hydrogen-bond donors (Lipinski definition) is 1. The van der Waals surface area contributed by atoms with E-state index < -0.39 is 0 Å². The minimum atomic E-state index is 0.458. The molecule has 1 aliphatic rings. The lowest BCUT2D eigenvalue weighted by molar-refractivity contribution is 0.358. The summed E-state index contributed by atoms with van der Waals surface area (Å²) in [4.78, 5) is 4.57. The van der Waals surface area contributed by atoms with Gasteiger partial charge in [0.15, 0.2) is 5.65 Å². The molecule has 2 aromatic rings. The van der Waals surface area contributed by atoms with Gasteiger partial charge in [-0.1, -0.05) is 20.8 Å². The maximum Gasteiger partial charge on any atom is 0.202 e. The first-order chi connectivity index (χ1) is 9.04. The zero-order valence-electron chi connectivity index (χ0n) is 12.2. The molecule has 3 unspecified atom stereocenters. The second-order valence-corrected chi connectivity index (χ2v) is 5.92. The average molecular weight is 261 g/mol. The second kappa shape index (κ2) is 4.25. The van der Waals surface area contributed by atoms with Gasteiger partial charge in [0.2, 0.25) is 5.95 Å². The fourth-order valence-electron chi connectivity index (χ4n) is 3.49. The molecule has 5 heteroatoms. The first kappa shape index (κ1) is 12.5. The number of fused-ring (bicyclic) bond motifs is 1. The van der Waals surface area contributed by atoms with Crippen molar-refractivity contribution in [3.8, 4) is 0 Å². The third kappa shape index (κ3) is 1.67. The van der Waals surface area contributed by atoms with Gasteiger partial charge in [-0.25, -0.2) is 4.98 Å². The van der Waals surface area contributed by atoms with E-state index in [9.17, 15) is 0 Å². The van der Waals surface area contributed by atoms with Crippen LogP contribution in [0.15, 0.2) is 0 Å². The number of hydrogen-bond acceptors (Lipinski definition) is 3. The van der Waals surface area contributed by atoms with Crippen LogP contribution in [0, 0.1) is 11.8 Å². The maximum atomic E-state index is 6.19. The lowest BCUT2D eigenvalue weighted by Crippen LogP contribution is -2.18. The quantitative estimate of drug-likeness (QED) is 0.903. The number of aromatic nitrogens is 4. The van der Waals surface area contributed by atoms with Crippen molar-refractivity contribution in [2.24, 2.45) is 18.9 Å². The van der Waals surface area contributed by atoms with E-state index >= 15 is 0 Å². The molecule has 1 saturated carbocycles. The van der Waals surface area contributed by atoms with Crippen LogP contribution in [0.1, 0.15) is 45.3 Å². The van der Waals surface area contributed by atoms with Crippen molar-refractivity contribution in [1.82, 2.24) is 19.3 Å². The Bertz CT molecular complexity index is 609. The van der Waals surface area contributed by atoms with Gasteiger partial charge in [0.1, 0.15) is 5.52 Å². The van der Waals surface area contributed by atoms with Crippen LogP contribution in [0.2, 0.25) is 0 Å². The number of imidazole rings is 1. The summed E-state index contributed by atoms with van der Waals surface area (Å²) in [6.45, 7) is 6.76. The lowest BCUT2D eigenvalue weighted by atomic mass is 9.98. The molecule has 5 nitrogen and oxygen atoms in total. The van der Waals surface area contributed by atoms with E-state index in [-0.39, 0.29) is 0 Å². The van der Waals surface area contributed by atoms with Crippen LogP contribution in [0.25, 0.3) is 11.2 Å². The van der Waals surface area contributed by atoms with Crippen molar-refractivity contribution in [3.63, 3.8) is 0 Å². The minimum absolute atomic E-state index is 0.458. The van der Waals surface area contributed by atoms with Gasteiger partial charge < -0.3 is 5.73 Å². The molecule has 0 spiro atoms. The van der Waals surface area contributed by atoms with Crippen LogP contribution in [-0.2, 0) is 13.5 Å². The van der Waals surface area contributed by atoms with Gasteiger partial charge >= 0.3 is 0 Å². The first-order valence-electron chi connectivity index (χ1n) is 7.23. The number of anilines is 1. The lowest BCUT2D eigenvalue weighted by Gasteiger charge is -2.21. The van der Waals surface area contributed by atoms with Crippen LogP contribution >= 0.6 is 0 Å². The summed E-state index contributed by atoms with van der Waals surface area (Å²) in [5, 5.41) is 4.56. The third-order valence-corrected chi connectivity index (χ3v) is 4.85. The Morgan fingerprint density at radius 3 is 2.63 bits per heavy atom. The van der Waals surface area contributed by atoms with E-state index in [4.69, 9.17) is 5.73 Å². The second-order valence-electron chi connectivity index (χ2n) is 5.92. The Hall–Kier alpha value is -1.52. The molecule has 2 heterocycles. The number of nitrogen functional groups attached to an aromatic ring is 1. The van der Waals surface area contributed by atoms with Crippen molar-refractivity contribution < 1.29 is 0 Å². The third-order valence-electron chi connectivity index (χ3n) is 4.85. The van der Waals surface area contributed by atoms with E-state index in [0.717, 1.165) is 29.2 Å². The van der Waals surface area contributed by atoms with Crippen LogP contribution in [0.4, 0.5) is 5.95 Å². The summed E-state index contributed by atoms with van der Waals surface area (Å²) in [5.74, 6) is 2.03. The number of nitrogens with zero attached hydrogens (tertiary/aromatic N) is 4. The van der Waals surface area contributed by atoms with E-state index in [1.54, 1.807) is 0 Å². The Morgan fingerprint density at radius 2 is 2.05 bits per heavy atom. The van der Waals surface area contributed by atoms with E-state index in [2.05, 4.69) is 35.4 Å². The van der Waals surface area contributed by atoms with Gasteiger partial charge in [0, 0.05) is 13.1 Å². The molecule has 3 rings (SSSR count). The monoisotopic (exact) mass is 261 g/mol. The van der Waals surface area contributed by atoms with Crippen molar-refractivity contribution >= 4 is 17.1 Å². The number of aryl methyl sites for hydroxylation is 2. The van der Waals surface area contributed by atoms with Crippen molar-refractivity contribution in [2.45, 2.75) is 46.1 Å². The normalized spacial score (nSPS) is 27.5. The van der Waals surface area contributed by atoms with E-state index in [0.29, 0.717) is 17.9 Å². The molecular formula is C14H23N5. The topological polar surface area (TPSA) is 61.7 Å². The van der Waals surface area contributed by atoms with Gasteiger partial charge in [-0.05, 0) is 31.1 Å². The van der Waals surface area contributed by atoms with Crippen molar-refractivity contribution in [2.75, 3.05) is 5.73 Å². The van der Waals surface area contributed by atoms with Crippen LogP contribution in [0.5, 0.6) is 0 Å². The molecule has 0 aromatic carbocycles. The zero-order valence-corrected chi connectivity index (χ0v) is 12.2. The minimum Gasteiger partial charge on any atom is -0.369 e. The summed E-state index contributed by atoms with van der Waals surface area (Å²) in [6.07, 6.45) is 3.35. The van der Waals surface area contributed by atoms with Crippen LogP contribution in [0.3, 0.4) is 0 Å². The SMILES string of the molecule is CCc1nn(C)c2c1nc(N)n2C1CCC(C)C1C. The number of nitrogens with two attached hydrogens (primary N) is 1. The fraction of sp³-hybridized carbons (Fsp3) is 0.714. The van der Waals surface area contributed by atoms with Gasteiger partial charge in [-0.3, -0.25) is 9.25 Å². The highest BCUT2D eigenvalue weighted by Crippen LogP contribution is 2.42. The number of rotatable bonds is 2. The molecule has 0 amide bonds. The maximum absolute atomic E-state index is 6.19. The highest BCUT2D eigenvalue weighted by atomic mass is 15.4. The molecule has 0 radical (unpaired) electrons. The molecule has 3 atom stereocenters. The van der Waals surface area contributed by atoms with Gasteiger partial charge in [0.25, 0.3) is 0 Å². The molecule has 0 aliphatic heterocycles. The van der Waals surface area contributed by atoms with Gasteiger partial charge in [-0.2, -0.15) is 5.10 Å². The Kier molecular flexibility index (Phi) is 2.80. The Morgan fingerprint density at radius 1 is 1.32 bits per heavy atom. The van der Waals surface area contributed by atoms with Gasteiger partial charge in [0.05, 0.1) is 5.69 Å². The molecule has 2 N–H and O–H groups in total.